The van der Waals surface area contributed by atoms with Gasteiger partial charge in [-0.25, -0.2) is 0 Å². The Morgan fingerprint density at radius 2 is 2.56 bits per heavy atom. The van der Waals surface area contributed by atoms with Gasteiger partial charge >= 0.3 is 0 Å². The summed E-state index contributed by atoms with van der Waals surface area (Å²) in [6, 6.07) is 0. The van der Waals surface area contributed by atoms with Crippen molar-refractivity contribution in [3.8, 4) is 0 Å². The summed E-state index contributed by atoms with van der Waals surface area (Å²) >= 11 is 5.81. The van der Waals surface area contributed by atoms with Crippen LogP contribution in [0.15, 0.2) is 0 Å². The normalized spacial score (nSPS) is 35.3. The number of halogens is 1. The van der Waals surface area contributed by atoms with Crippen LogP contribution < -0.4 is 0 Å². The molecular formula is C6H11ClO2. The second kappa shape index (κ2) is 3.40. The van der Waals surface area contributed by atoms with Crippen LogP contribution in [0.1, 0.15) is 13.3 Å². The summed E-state index contributed by atoms with van der Waals surface area (Å²) in [7, 11) is 0. The predicted octanol–water partition coefficient (Wildman–Crippen LogP) is 1.38. The van der Waals surface area contributed by atoms with Crippen molar-refractivity contribution in [2.45, 2.75) is 25.0 Å². The van der Waals surface area contributed by atoms with Gasteiger partial charge < -0.3 is 9.47 Å². The summed E-state index contributed by atoms with van der Waals surface area (Å²) in [5, 5.41) is 0.0601. The molecule has 3 heteroatoms. The van der Waals surface area contributed by atoms with E-state index in [1.807, 2.05) is 6.92 Å². The molecule has 0 aromatic heterocycles. The van der Waals surface area contributed by atoms with Crippen molar-refractivity contribution in [2.75, 3.05) is 13.2 Å². The zero-order valence-electron chi connectivity index (χ0n) is 5.47. The van der Waals surface area contributed by atoms with Crippen LogP contribution in [-0.2, 0) is 9.47 Å². The van der Waals surface area contributed by atoms with Crippen molar-refractivity contribution in [1.82, 2.24) is 0 Å². The van der Waals surface area contributed by atoms with Crippen molar-refractivity contribution in [1.29, 1.82) is 0 Å². The van der Waals surface area contributed by atoms with E-state index < -0.39 is 0 Å². The van der Waals surface area contributed by atoms with Crippen LogP contribution in [0.5, 0.6) is 0 Å². The van der Waals surface area contributed by atoms with Crippen LogP contribution in [0, 0.1) is 0 Å². The van der Waals surface area contributed by atoms with Gasteiger partial charge in [-0.2, -0.15) is 0 Å². The molecule has 0 aromatic rings. The molecule has 1 saturated heterocycles. The van der Waals surface area contributed by atoms with Gasteiger partial charge in [0, 0.05) is 6.61 Å². The van der Waals surface area contributed by atoms with Gasteiger partial charge in [-0.3, -0.25) is 0 Å². The minimum atomic E-state index is -0.156. The van der Waals surface area contributed by atoms with Gasteiger partial charge in [-0.15, -0.1) is 11.6 Å². The minimum absolute atomic E-state index is 0.0601. The molecule has 0 amide bonds. The molecule has 1 rings (SSSR count). The fraction of sp³-hybridized carbons (Fsp3) is 1.00. The molecule has 1 aliphatic heterocycles. The highest BCUT2D eigenvalue weighted by atomic mass is 35.5. The zero-order valence-corrected chi connectivity index (χ0v) is 6.23. The summed E-state index contributed by atoms with van der Waals surface area (Å²) < 4.78 is 10.3. The predicted molar refractivity (Wildman–Crippen MR) is 35.6 cm³/mol. The maximum Gasteiger partial charge on any atom is 0.173 e. The summed E-state index contributed by atoms with van der Waals surface area (Å²) in [5.74, 6) is 0. The Labute approximate surface area is 60.1 Å². The summed E-state index contributed by atoms with van der Waals surface area (Å²) in [6.45, 7) is 3.35. The van der Waals surface area contributed by atoms with E-state index in [4.69, 9.17) is 21.1 Å². The third kappa shape index (κ3) is 1.81. The molecule has 0 aliphatic carbocycles. The number of hydrogen-bond acceptors (Lipinski definition) is 2. The molecule has 1 aliphatic rings. The van der Waals surface area contributed by atoms with Gasteiger partial charge in [0.2, 0.25) is 0 Å². The second-order valence-electron chi connectivity index (χ2n) is 2.00. The van der Waals surface area contributed by atoms with Gasteiger partial charge in [-0.05, 0) is 13.3 Å². The molecule has 0 saturated carbocycles. The first-order valence-corrected chi connectivity index (χ1v) is 3.65. The lowest BCUT2D eigenvalue weighted by atomic mass is 10.3. The van der Waals surface area contributed by atoms with Crippen molar-refractivity contribution >= 4 is 11.6 Å². The fourth-order valence-electron chi connectivity index (χ4n) is 0.854. The Bertz CT molecular complexity index is 87.1. The number of rotatable bonds is 2. The molecule has 0 unspecified atom stereocenters. The molecule has 9 heavy (non-hydrogen) atoms. The first-order chi connectivity index (χ1) is 4.34. The number of alkyl halides is 1. The third-order valence-electron chi connectivity index (χ3n) is 1.30. The van der Waals surface area contributed by atoms with E-state index in [-0.39, 0.29) is 11.7 Å². The lowest BCUT2D eigenvalue weighted by molar-refractivity contribution is -0.105. The van der Waals surface area contributed by atoms with E-state index in [0.29, 0.717) is 6.61 Å². The Morgan fingerprint density at radius 1 is 1.78 bits per heavy atom. The summed E-state index contributed by atoms with van der Waals surface area (Å²) in [6.07, 6.45) is 0.753. The van der Waals surface area contributed by atoms with Crippen molar-refractivity contribution in [3.05, 3.63) is 0 Å². The van der Waals surface area contributed by atoms with E-state index in [1.54, 1.807) is 0 Å². The van der Waals surface area contributed by atoms with Gasteiger partial charge in [0.1, 0.15) is 0 Å². The van der Waals surface area contributed by atoms with Gasteiger partial charge in [0.25, 0.3) is 0 Å². The Balaban J connectivity index is 2.22. The van der Waals surface area contributed by atoms with Crippen LogP contribution >= 0.6 is 11.6 Å². The van der Waals surface area contributed by atoms with Crippen molar-refractivity contribution in [2.24, 2.45) is 0 Å². The Kier molecular flexibility index (Phi) is 2.76. The first-order valence-electron chi connectivity index (χ1n) is 3.22. The number of ether oxygens (including phenoxy) is 2. The second-order valence-corrected chi connectivity index (χ2v) is 2.56. The van der Waals surface area contributed by atoms with E-state index in [9.17, 15) is 0 Å². The summed E-state index contributed by atoms with van der Waals surface area (Å²) in [5.41, 5.74) is 0. The van der Waals surface area contributed by atoms with Crippen LogP contribution in [0.2, 0.25) is 0 Å². The molecule has 2 nitrogen and oxygen atoms in total. The molecule has 54 valence electrons. The van der Waals surface area contributed by atoms with Gasteiger partial charge in [-0.1, -0.05) is 0 Å². The maximum absolute atomic E-state index is 5.81. The third-order valence-corrected chi connectivity index (χ3v) is 1.73. The average molecular weight is 151 g/mol. The molecule has 1 fully saturated rings. The maximum atomic E-state index is 5.81. The SMILES string of the molecule is CCO[C@H]1OCC[C@H]1Cl. The molecular weight excluding hydrogens is 140 g/mol. The molecule has 2 atom stereocenters. The Hall–Kier alpha value is 0.210. The van der Waals surface area contributed by atoms with Crippen LogP contribution in [0.25, 0.3) is 0 Å². The number of hydrogen-bond donors (Lipinski definition) is 0. The van der Waals surface area contributed by atoms with Crippen LogP contribution in [-0.4, -0.2) is 24.9 Å². The summed E-state index contributed by atoms with van der Waals surface area (Å²) in [4.78, 5) is 0. The smallest absolute Gasteiger partial charge is 0.173 e. The fourth-order valence-corrected chi connectivity index (χ4v) is 1.09. The quantitative estimate of drug-likeness (QED) is 0.554. The van der Waals surface area contributed by atoms with Crippen molar-refractivity contribution < 1.29 is 9.47 Å². The molecule has 0 bridgehead atoms. The van der Waals surface area contributed by atoms with E-state index >= 15 is 0 Å². The van der Waals surface area contributed by atoms with Gasteiger partial charge in [0.15, 0.2) is 6.29 Å². The highest BCUT2D eigenvalue weighted by Crippen LogP contribution is 2.19. The monoisotopic (exact) mass is 150 g/mol. The van der Waals surface area contributed by atoms with Crippen LogP contribution in [0.3, 0.4) is 0 Å². The molecule has 1 heterocycles. The molecule has 0 N–H and O–H groups in total. The first kappa shape index (κ1) is 7.32. The average Bonchev–Trinajstić information content (AvgIpc) is 2.18. The topological polar surface area (TPSA) is 18.5 Å². The van der Waals surface area contributed by atoms with Gasteiger partial charge in [0.05, 0.1) is 12.0 Å². The molecule has 0 spiro atoms. The lowest BCUT2D eigenvalue weighted by Crippen LogP contribution is -2.19. The molecule has 0 radical (unpaired) electrons. The van der Waals surface area contributed by atoms with Crippen LogP contribution in [0.4, 0.5) is 0 Å². The minimum Gasteiger partial charge on any atom is -0.351 e. The lowest BCUT2D eigenvalue weighted by Gasteiger charge is -2.11. The Morgan fingerprint density at radius 3 is 3.00 bits per heavy atom. The highest BCUT2D eigenvalue weighted by molar-refractivity contribution is 6.21. The van der Waals surface area contributed by atoms with E-state index in [2.05, 4.69) is 0 Å². The van der Waals surface area contributed by atoms with E-state index in [1.165, 1.54) is 0 Å². The highest BCUT2D eigenvalue weighted by Gasteiger charge is 2.25. The largest absolute Gasteiger partial charge is 0.351 e. The van der Waals surface area contributed by atoms with Crippen molar-refractivity contribution in [3.63, 3.8) is 0 Å². The van der Waals surface area contributed by atoms with E-state index in [0.717, 1.165) is 13.0 Å². The zero-order chi connectivity index (χ0) is 6.69. The standard InChI is InChI=1S/C6H11ClO2/c1-2-8-6-5(7)3-4-9-6/h5-6H,2-4H2,1H3/t5-,6+/m1/s1. The molecule has 0 aromatic carbocycles.